The first-order chi connectivity index (χ1) is 16.1. The van der Waals surface area contributed by atoms with Crippen molar-refractivity contribution < 1.29 is 14.7 Å². The molecule has 0 spiro atoms. The maximum absolute atomic E-state index is 11.3. The number of ether oxygens (including phenoxy) is 1. The summed E-state index contributed by atoms with van der Waals surface area (Å²) in [7, 11) is 0. The lowest BCUT2D eigenvalue weighted by Gasteiger charge is -2.38. The van der Waals surface area contributed by atoms with Gasteiger partial charge < -0.3 is 10.1 Å². The molecule has 0 unspecified atom stereocenters. The lowest BCUT2D eigenvalue weighted by molar-refractivity contribution is -0.129. The number of benzene rings is 2. The number of fused-ring (bicyclic) bond motifs is 1. The van der Waals surface area contributed by atoms with Crippen molar-refractivity contribution in [2.24, 2.45) is 0 Å². The maximum atomic E-state index is 11.3. The van der Waals surface area contributed by atoms with Crippen molar-refractivity contribution in [3.63, 3.8) is 0 Å². The van der Waals surface area contributed by atoms with E-state index < -0.39 is 0 Å². The van der Waals surface area contributed by atoms with Crippen molar-refractivity contribution in [2.45, 2.75) is 64.5 Å². The first-order valence-electron chi connectivity index (χ1n) is 12.3. The minimum atomic E-state index is -0.324. The first kappa shape index (κ1) is 25.2. The summed E-state index contributed by atoms with van der Waals surface area (Å²) in [6.45, 7) is 8.15. The Bertz CT molecular complexity index is 901. The average molecular weight is 454 g/mol. The summed E-state index contributed by atoms with van der Waals surface area (Å²) >= 11 is 0. The van der Waals surface area contributed by atoms with E-state index in [1.807, 2.05) is 24.3 Å². The van der Waals surface area contributed by atoms with E-state index in [1.165, 1.54) is 23.8 Å². The quantitative estimate of drug-likeness (QED) is 0.188. The molecule has 3 N–H and O–H groups in total. The Hall–Kier alpha value is -2.41. The molecule has 33 heavy (non-hydrogen) atoms. The molecule has 1 heterocycles. The van der Waals surface area contributed by atoms with Gasteiger partial charge >= 0.3 is 0 Å². The van der Waals surface area contributed by atoms with Crippen LogP contribution in [-0.2, 0) is 4.79 Å². The van der Waals surface area contributed by atoms with Crippen LogP contribution < -0.4 is 15.5 Å². The van der Waals surface area contributed by atoms with Gasteiger partial charge in [0.15, 0.2) is 0 Å². The fourth-order valence-corrected chi connectivity index (χ4v) is 4.56. The highest BCUT2D eigenvalue weighted by molar-refractivity contribution is 5.88. The highest BCUT2D eigenvalue weighted by Crippen LogP contribution is 2.26. The van der Waals surface area contributed by atoms with E-state index in [-0.39, 0.29) is 5.91 Å². The SMILES string of the molecule is CC(C)N(C/C(=C\CCCCC(=O)NO)COc1cccc2ccccc12)C1CCNCC1. The molecule has 0 bridgehead atoms. The smallest absolute Gasteiger partial charge is 0.243 e. The summed E-state index contributed by atoms with van der Waals surface area (Å²) < 4.78 is 6.36. The van der Waals surface area contributed by atoms with Crippen LogP contribution in [0, 0.1) is 0 Å². The zero-order valence-electron chi connectivity index (χ0n) is 20.1. The fourth-order valence-electron chi connectivity index (χ4n) is 4.56. The lowest BCUT2D eigenvalue weighted by Crippen LogP contribution is -2.47. The molecule has 0 aromatic heterocycles. The highest BCUT2D eigenvalue weighted by atomic mass is 16.5. The molecule has 0 radical (unpaired) electrons. The van der Waals surface area contributed by atoms with E-state index in [2.05, 4.69) is 48.3 Å². The Kier molecular flexibility index (Phi) is 10.2. The van der Waals surface area contributed by atoms with Gasteiger partial charge in [-0.3, -0.25) is 14.9 Å². The van der Waals surface area contributed by atoms with E-state index in [9.17, 15) is 4.79 Å². The van der Waals surface area contributed by atoms with Gasteiger partial charge in [0.25, 0.3) is 0 Å². The van der Waals surface area contributed by atoms with Gasteiger partial charge in [0.2, 0.25) is 5.91 Å². The van der Waals surface area contributed by atoms with Crippen LogP contribution in [0.15, 0.2) is 54.1 Å². The standard InChI is InChI=1S/C27H39N3O3/c1-21(2)30(24-15-17-28-18-16-24)19-22(9-4-3-5-14-27(31)29-32)20-33-26-13-8-11-23-10-6-7-12-25(23)26/h6-13,21,24,28,32H,3-5,14-20H2,1-2H3,(H,29,31)/b22-9+. The minimum Gasteiger partial charge on any atom is -0.489 e. The molecule has 2 aromatic carbocycles. The third kappa shape index (κ3) is 7.84. The van der Waals surface area contributed by atoms with Gasteiger partial charge in [0.05, 0.1) is 0 Å². The molecular weight excluding hydrogens is 414 g/mol. The van der Waals surface area contributed by atoms with Crippen LogP contribution in [0.25, 0.3) is 10.8 Å². The molecule has 6 heteroatoms. The molecule has 0 saturated carbocycles. The number of hydrogen-bond acceptors (Lipinski definition) is 5. The molecule has 1 aliphatic rings. The van der Waals surface area contributed by atoms with Crippen molar-refractivity contribution in [1.82, 2.24) is 15.7 Å². The zero-order chi connectivity index (χ0) is 23.5. The number of piperidine rings is 1. The van der Waals surface area contributed by atoms with Crippen molar-refractivity contribution in [3.8, 4) is 5.75 Å². The fraction of sp³-hybridized carbons (Fsp3) is 0.519. The van der Waals surface area contributed by atoms with Crippen molar-refractivity contribution in [1.29, 1.82) is 0 Å². The summed E-state index contributed by atoms with van der Waals surface area (Å²) in [5.74, 6) is 0.590. The molecule has 0 atom stereocenters. The van der Waals surface area contributed by atoms with Crippen molar-refractivity contribution in [3.05, 3.63) is 54.1 Å². The number of amides is 1. The van der Waals surface area contributed by atoms with Gasteiger partial charge in [-0.25, -0.2) is 5.48 Å². The monoisotopic (exact) mass is 453 g/mol. The van der Waals surface area contributed by atoms with Crippen molar-refractivity contribution in [2.75, 3.05) is 26.2 Å². The second-order valence-electron chi connectivity index (χ2n) is 9.16. The van der Waals surface area contributed by atoms with Gasteiger partial charge in [-0.2, -0.15) is 0 Å². The van der Waals surface area contributed by atoms with Gasteiger partial charge in [0, 0.05) is 30.4 Å². The van der Waals surface area contributed by atoms with E-state index >= 15 is 0 Å². The lowest BCUT2D eigenvalue weighted by atomic mass is 10.0. The van der Waals surface area contributed by atoms with E-state index in [0.717, 1.165) is 50.0 Å². The van der Waals surface area contributed by atoms with E-state index in [4.69, 9.17) is 9.94 Å². The van der Waals surface area contributed by atoms with Gasteiger partial charge in [-0.15, -0.1) is 0 Å². The number of carbonyl (C=O) groups is 1. The normalized spacial score (nSPS) is 15.4. The Morgan fingerprint density at radius 1 is 1.18 bits per heavy atom. The first-order valence-corrected chi connectivity index (χ1v) is 12.3. The Morgan fingerprint density at radius 2 is 1.94 bits per heavy atom. The third-order valence-electron chi connectivity index (χ3n) is 6.41. The molecule has 1 amide bonds. The number of rotatable bonds is 12. The predicted octanol–water partition coefficient (Wildman–Crippen LogP) is 4.67. The topological polar surface area (TPSA) is 73.8 Å². The van der Waals surface area contributed by atoms with Crippen LogP contribution >= 0.6 is 0 Å². The maximum Gasteiger partial charge on any atom is 0.243 e. The average Bonchev–Trinajstić information content (AvgIpc) is 2.85. The van der Waals surface area contributed by atoms with Gasteiger partial charge in [0.1, 0.15) is 12.4 Å². The van der Waals surface area contributed by atoms with Crippen LogP contribution in [0.4, 0.5) is 0 Å². The van der Waals surface area contributed by atoms with Crippen LogP contribution in [0.1, 0.15) is 52.4 Å². The molecule has 3 rings (SSSR count). The number of carbonyl (C=O) groups excluding carboxylic acids is 1. The molecule has 180 valence electrons. The molecule has 2 aromatic rings. The van der Waals surface area contributed by atoms with E-state index in [1.54, 1.807) is 5.48 Å². The summed E-state index contributed by atoms with van der Waals surface area (Å²) in [5.41, 5.74) is 2.99. The number of nitrogens with zero attached hydrogens (tertiary/aromatic N) is 1. The molecule has 0 aliphatic carbocycles. The summed E-state index contributed by atoms with van der Waals surface area (Å²) in [6.07, 6.45) is 7.53. The summed E-state index contributed by atoms with van der Waals surface area (Å²) in [5, 5.41) is 14.5. The largest absolute Gasteiger partial charge is 0.489 e. The number of nitrogens with one attached hydrogen (secondary N) is 2. The minimum absolute atomic E-state index is 0.324. The van der Waals surface area contributed by atoms with Crippen LogP contribution in [0.5, 0.6) is 5.75 Å². The van der Waals surface area contributed by atoms with Gasteiger partial charge in [-0.05, 0) is 76.1 Å². The Labute approximate surface area is 198 Å². The zero-order valence-corrected chi connectivity index (χ0v) is 20.1. The second kappa shape index (κ2) is 13.3. The highest BCUT2D eigenvalue weighted by Gasteiger charge is 2.24. The second-order valence-corrected chi connectivity index (χ2v) is 9.16. The molecule has 1 fully saturated rings. The third-order valence-corrected chi connectivity index (χ3v) is 6.41. The summed E-state index contributed by atoms with van der Waals surface area (Å²) in [4.78, 5) is 13.9. The van der Waals surface area contributed by atoms with Gasteiger partial charge in [-0.1, -0.05) is 42.5 Å². The van der Waals surface area contributed by atoms with E-state index in [0.29, 0.717) is 25.1 Å². The number of hydroxylamine groups is 1. The summed E-state index contributed by atoms with van der Waals surface area (Å²) in [6, 6.07) is 15.6. The van der Waals surface area contributed by atoms with Crippen molar-refractivity contribution >= 4 is 16.7 Å². The Balaban J connectivity index is 1.69. The number of hydrogen-bond donors (Lipinski definition) is 3. The Morgan fingerprint density at radius 3 is 2.70 bits per heavy atom. The molecule has 6 nitrogen and oxygen atoms in total. The van der Waals surface area contributed by atoms with Crippen LogP contribution in [0.2, 0.25) is 0 Å². The molecule has 1 aliphatic heterocycles. The molecule has 1 saturated heterocycles. The predicted molar refractivity (Wildman–Crippen MR) is 134 cm³/mol. The number of allylic oxidation sites excluding steroid dienone is 1. The van der Waals surface area contributed by atoms with Crippen LogP contribution in [-0.4, -0.2) is 54.3 Å². The number of unbranched alkanes of at least 4 members (excludes halogenated alkanes) is 2. The molecular formula is C27H39N3O3. The van der Waals surface area contributed by atoms with Crippen LogP contribution in [0.3, 0.4) is 0 Å².